The predicted octanol–water partition coefficient (Wildman–Crippen LogP) is 2.87. The summed E-state index contributed by atoms with van der Waals surface area (Å²) in [6.07, 6.45) is 3.76. The molecule has 1 aromatic carbocycles. The molecular formula is C20H24N2O3. The first-order chi connectivity index (χ1) is 12.0. The van der Waals surface area contributed by atoms with Crippen molar-refractivity contribution in [1.29, 1.82) is 0 Å². The molecule has 5 heteroatoms. The highest BCUT2D eigenvalue weighted by Gasteiger charge is 2.62. The van der Waals surface area contributed by atoms with E-state index in [1.54, 1.807) is 12.1 Å². The molecule has 3 fully saturated rings. The number of phenols is 1. The van der Waals surface area contributed by atoms with Gasteiger partial charge in [0, 0.05) is 35.7 Å². The molecule has 1 aliphatic carbocycles. The first-order valence-corrected chi connectivity index (χ1v) is 9.36. The van der Waals surface area contributed by atoms with Crippen LogP contribution in [0.2, 0.25) is 0 Å². The average molecular weight is 340 g/mol. The third-order valence-electron chi connectivity index (χ3n) is 6.98. The molecule has 3 N–H and O–H groups in total. The van der Waals surface area contributed by atoms with E-state index in [4.69, 9.17) is 0 Å². The fourth-order valence-corrected chi connectivity index (χ4v) is 6.14. The Labute approximate surface area is 146 Å². The van der Waals surface area contributed by atoms with Gasteiger partial charge in [-0.1, -0.05) is 13.3 Å². The summed E-state index contributed by atoms with van der Waals surface area (Å²) in [5.74, 6) is 0.439. The molecule has 0 spiro atoms. The van der Waals surface area contributed by atoms with Gasteiger partial charge in [0.25, 0.3) is 0 Å². The maximum absolute atomic E-state index is 12.7. The zero-order valence-electron chi connectivity index (χ0n) is 14.5. The summed E-state index contributed by atoms with van der Waals surface area (Å²) in [6, 6.07) is 5.38. The molecule has 0 amide bonds. The summed E-state index contributed by atoms with van der Waals surface area (Å²) in [5, 5.41) is 21.3. The summed E-state index contributed by atoms with van der Waals surface area (Å²) < 4.78 is 0. The standard InChI is InChI=1S/C20H24N2O3/c1-2-12-7-11-9-20(19(24)25)17-14(5-6-22(10-11)18(12)20)15-8-13(23)3-4-16(15)21-17/h3-4,8,11-12,18,21,23H,2,5-7,9-10H2,1H3,(H,24,25)/t11-,12?,18?,20+/m0/s1. The number of piperidine rings is 2. The summed E-state index contributed by atoms with van der Waals surface area (Å²) in [5.41, 5.74) is 2.09. The van der Waals surface area contributed by atoms with Crippen LogP contribution >= 0.6 is 0 Å². The Hall–Kier alpha value is -2.01. The second kappa shape index (κ2) is 5.01. The number of hydrogen-bond acceptors (Lipinski definition) is 3. The number of fused-ring (bicyclic) bond motifs is 4. The molecule has 4 aliphatic rings. The van der Waals surface area contributed by atoms with Gasteiger partial charge in [-0.3, -0.25) is 9.69 Å². The molecule has 25 heavy (non-hydrogen) atoms. The van der Waals surface area contributed by atoms with Crippen LogP contribution in [0.1, 0.15) is 37.4 Å². The molecule has 1 aromatic heterocycles. The molecule has 2 saturated heterocycles. The highest BCUT2D eigenvalue weighted by atomic mass is 16.4. The van der Waals surface area contributed by atoms with Crippen LogP contribution in [0.25, 0.3) is 10.9 Å². The summed E-state index contributed by atoms with van der Waals surface area (Å²) in [6.45, 7) is 4.13. The van der Waals surface area contributed by atoms with Crippen LogP contribution in [-0.2, 0) is 16.6 Å². The first kappa shape index (κ1) is 15.3. The number of nitrogens with zero attached hydrogens (tertiary/aromatic N) is 1. The number of benzene rings is 1. The van der Waals surface area contributed by atoms with E-state index in [9.17, 15) is 15.0 Å². The molecule has 5 nitrogen and oxygen atoms in total. The average Bonchev–Trinajstić information content (AvgIpc) is 2.92. The molecule has 4 bridgehead atoms. The molecule has 132 valence electrons. The SMILES string of the molecule is CCC1C[C@@H]2CN3CCc4c([nH]c5ccc(O)cc45)[C@](C(=O)O)(C2)C13. The normalized spacial score (nSPS) is 36.2. The van der Waals surface area contributed by atoms with E-state index in [1.165, 1.54) is 0 Å². The second-order valence-corrected chi connectivity index (χ2v) is 8.15. The van der Waals surface area contributed by atoms with Gasteiger partial charge >= 0.3 is 5.97 Å². The Morgan fingerprint density at radius 2 is 2.28 bits per heavy atom. The third kappa shape index (κ3) is 1.85. The minimum absolute atomic E-state index is 0.0721. The van der Waals surface area contributed by atoms with E-state index in [2.05, 4.69) is 16.8 Å². The topological polar surface area (TPSA) is 76.6 Å². The van der Waals surface area contributed by atoms with Crippen molar-refractivity contribution in [1.82, 2.24) is 9.88 Å². The van der Waals surface area contributed by atoms with Crippen LogP contribution < -0.4 is 0 Å². The van der Waals surface area contributed by atoms with Crippen molar-refractivity contribution in [2.24, 2.45) is 11.8 Å². The number of carboxylic acids is 1. The molecule has 3 unspecified atom stereocenters. The molecule has 4 heterocycles. The van der Waals surface area contributed by atoms with Gasteiger partial charge in [-0.25, -0.2) is 0 Å². The quantitative estimate of drug-likeness (QED) is 0.786. The van der Waals surface area contributed by atoms with E-state index in [1.807, 2.05) is 6.07 Å². The summed E-state index contributed by atoms with van der Waals surface area (Å²) >= 11 is 0. The highest BCUT2D eigenvalue weighted by Crippen LogP contribution is 2.55. The summed E-state index contributed by atoms with van der Waals surface area (Å²) in [7, 11) is 0. The predicted molar refractivity (Wildman–Crippen MR) is 94.8 cm³/mol. The summed E-state index contributed by atoms with van der Waals surface area (Å²) in [4.78, 5) is 18.6. The molecule has 3 aliphatic heterocycles. The van der Waals surface area contributed by atoms with E-state index in [0.29, 0.717) is 11.8 Å². The molecule has 6 rings (SSSR count). The van der Waals surface area contributed by atoms with E-state index < -0.39 is 11.4 Å². The van der Waals surface area contributed by atoms with Gasteiger partial charge in [0.2, 0.25) is 0 Å². The lowest BCUT2D eigenvalue weighted by Crippen LogP contribution is -2.67. The molecule has 1 saturated carbocycles. The Balaban J connectivity index is 1.81. The largest absolute Gasteiger partial charge is 0.508 e. The van der Waals surface area contributed by atoms with Crippen molar-refractivity contribution < 1.29 is 15.0 Å². The number of phenolic OH excluding ortho intramolecular Hbond substituents is 1. The van der Waals surface area contributed by atoms with Crippen LogP contribution in [-0.4, -0.2) is 45.2 Å². The number of carbonyl (C=O) groups is 1. The van der Waals surface area contributed by atoms with E-state index in [0.717, 1.165) is 60.9 Å². The number of carboxylic acid groups (broad SMARTS) is 1. The van der Waals surface area contributed by atoms with Gasteiger partial charge in [0.05, 0.1) is 0 Å². The number of H-pyrrole nitrogens is 1. The van der Waals surface area contributed by atoms with Gasteiger partial charge < -0.3 is 15.2 Å². The Morgan fingerprint density at radius 1 is 1.44 bits per heavy atom. The van der Waals surface area contributed by atoms with Crippen molar-refractivity contribution in [2.75, 3.05) is 13.1 Å². The zero-order chi connectivity index (χ0) is 17.3. The maximum Gasteiger partial charge on any atom is 0.317 e. The van der Waals surface area contributed by atoms with Crippen molar-refractivity contribution >= 4 is 16.9 Å². The zero-order valence-corrected chi connectivity index (χ0v) is 14.5. The molecule has 0 radical (unpaired) electrons. The Bertz CT molecular complexity index is 873. The Morgan fingerprint density at radius 3 is 3.04 bits per heavy atom. The maximum atomic E-state index is 12.7. The fourth-order valence-electron chi connectivity index (χ4n) is 6.14. The second-order valence-electron chi connectivity index (χ2n) is 8.15. The number of aromatic amines is 1. The lowest BCUT2D eigenvalue weighted by molar-refractivity contribution is -0.158. The molecular weight excluding hydrogens is 316 g/mol. The number of nitrogens with one attached hydrogen (secondary N) is 1. The minimum atomic E-state index is -0.845. The van der Waals surface area contributed by atoms with E-state index in [-0.39, 0.29) is 11.8 Å². The number of aromatic hydroxyl groups is 1. The van der Waals surface area contributed by atoms with Gasteiger partial charge in [0.15, 0.2) is 0 Å². The monoisotopic (exact) mass is 340 g/mol. The van der Waals surface area contributed by atoms with Crippen LogP contribution in [0.15, 0.2) is 18.2 Å². The first-order valence-electron chi connectivity index (χ1n) is 9.36. The van der Waals surface area contributed by atoms with Gasteiger partial charge in [0.1, 0.15) is 11.2 Å². The van der Waals surface area contributed by atoms with Crippen molar-refractivity contribution in [3.63, 3.8) is 0 Å². The number of hydrogen-bond donors (Lipinski definition) is 3. The van der Waals surface area contributed by atoms with Crippen molar-refractivity contribution in [2.45, 2.75) is 44.1 Å². The highest BCUT2D eigenvalue weighted by molar-refractivity contribution is 5.91. The Kier molecular flexibility index (Phi) is 3.06. The molecule has 5 atom stereocenters. The van der Waals surface area contributed by atoms with Crippen LogP contribution in [0.5, 0.6) is 5.75 Å². The lowest BCUT2D eigenvalue weighted by Gasteiger charge is -2.57. The fraction of sp³-hybridized carbons (Fsp3) is 0.550. The van der Waals surface area contributed by atoms with E-state index >= 15 is 0 Å². The lowest BCUT2D eigenvalue weighted by atomic mass is 9.56. The van der Waals surface area contributed by atoms with Gasteiger partial charge in [-0.05, 0) is 54.9 Å². The van der Waals surface area contributed by atoms with Crippen molar-refractivity contribution in [3.05, 3.63) is 29.5 Å². The number of rotatable bonds is 2. The van der Waals surface area contributed by atoms with Crippen molar-refractivity contribution in [3.8, 4) is 5.75 Å². The van der Waals surface area contributed by atoms with Crippen LogP contribution in [0.3, 0.4) is 0 Å². The van der Waals surface area contributed by atoms with Gasteiger partial charge in [-0.15, -0.1) is 0 Å². The minimum Gasteiger partial charge on any atom is -0.508 e. The smallest absolute Gasteiger partial charge is 0.317 e. The third-order valence-corrected chi connectivity index (χ3v) is 6.98. The van der Waals surface area contributed by atoms with Gasteiger partial charge in [-0.2, -0.15) is 0 Å². The number of aromatic nitrogens is 1. The van der Waals surface area contributed by atoms with Crippen LogP contribution in [0.4, 0.5) is 0 Å². The van der Waals surface area contributed by atoms with Crippen LogP contribution in [0, 0.1) is 11.8 Å². The molecule has 2 aromatic rings. The number of aliphatic carboxylic acids is 1.